The lowest BCUT2D eigenvalue weighted by atomic mass is 10.1. The van der Waals surface area contributed by atoms with Gasteiger partial charge in [0.1, 0.15) is 0 Å². The maximum absolute atomic E-state index is 11.7. The first kappa shape index (κ1) is 16.5. The summed E-state index contributed by atoms with van der Waals surface area (Å²) in [6.07, 6.45) is 0. The van der Waals surface area contributed by atoms with Gasteiger partial charge in [0.2, 0.25) is 5.82 Å². The van der Waals surface area contributed by atoms with Crippen LogP contribution in [0.15, 0.2) is 42.5 Å². The molecule has 1 N–H and O–H groups in total. The van der Waals surface area contributed by atoms with E-state index in [0.717, 1.165) is 5.69 Å². The Balaban J connectivity index is 2.27. The van der Waals surface area contributed by atoms with Crippen molar-refractivity contribution < 1.29 is 14.4 Å². The van der Waals surface area contributed by atoms with Crippen molar-refractivity contribution in [2.45, 2.75) is 6.92 Å². The molecule has 0 unspecified atom stereocenters. The van der Waals surface area contributed by atoms with Crippen molar-refractivity contribution in [3.63, 3.8) is 0 Å². The van der Waals surface area contributed by atoms with E-state index in [0.29, 0.717) is 28.0 Å². The van der Waals surface area contributed by atoms with Gasteiger partial charge >= 0.3 is 5.69 Å². The molecule has 0 amide bonds. The fourth-order valence-corrected chi connectivity index (χ4v) is 2.71. The molecule has 0 aliphatic rings. The summed E-state index contributed by atoms with van der Waals surface area (Å²) in [5.74, 6) is 1.11. The van der Waals surface area contributed by atoms with Crippen molar-refractivity contribution in [2.24, 2.45) is 0 Å². The number of aromatic nitrogens is 1. The summed E-state index contributed by atoms with van der Waals surface area (Å²) in [5.41, 5.74) is 1.27. The molecule has 0 atom stereocenters. The summed E-state index contributed by atoms with van der Waals surface area (Å²) < 4.78 is 10.6. The molecule has 0 spiro atoms. The van der Waals surface area contributed by atoms with Gasteiger partial charge in [-0.05, 0) is 31.2 Å². The number of methoxy groups -OCH3 is 2. The maximum atomic E-state index is 11.7. The molecular weight excluding hydrogens is 322 g/mol. The van der Waals surface area contributed by atoms with Crippen LogP contribution in [0.5, 0.6) is 11.5 Å². The molecule has 2 aromatic carbocycles. The minimum atomic E-state index is -0.439. The predicted molar refractivity (Wildman–Crippen MR) is 96.0 cm³/mol. The van der Waals surface area contributed by atoms with Crippen LogP contribution in [0.2, 0.25) is 0 Å². The molecule has 25 heavy (non-hydrogen) atoms. The molecule has 1 aromatic heterocycles. The van der Waals surface area contributed by atoms with Crippen molar-refractivity contribution in [3.05, 3.63) is 58.3 Å². The number of hydrogen-bond acceptors (Lipinski definition) is 6. The lowest BCUT2D eigenvalue weighted by Crippen LogP contribution is -2.03. The summed E-state index contributed by atoms with van der Waals surface area (Å²) in [6, 6.07) is 12.5. The second-order valence-electron chi connectivity index (χ2n) is 5.40. The lowest BCUT2D eigenvalue weighted by molar-refractivity contribution is -0.382. The average Bonchev–Trinajstić information content (AvgIpc) is 2.61. The van der Waals surface area contributed by atoms with Gasteiger partial charge in [-0.3, -0.25) is 10.1 Å². The number of rotatable bonds is 5. The third kappa shape index (κ3) is 3.03. The van der Waals surface area contributed by atoms with E-state index in [9.17, 15) is 10.1 Å². The van der Waals surface area contributed by atoms with Crippen LogP contribution in [-0.4, -0.2) is 24.1 Å². The van der Waals surface area contributed by atoms with Crippen LogP contribution >= 0.6 is 0 Å². The second kappa shape index (κ2) is 6.64. The molecule has 0 aliphatic heterocycles. The second-order valence-corrected chi connectivity index (χ2v) is 5.40. The lowest BCUT2D eigenvalue weighted by Gasteiger charge is -2.13. The van der Waals surface area contributed by atoms with Gasteiger partial charge in [0, 0.05) is 16.8 Å². The van der Waals surface area contributed by atoms with Crippen LogP contribution < -0.4 is 14.8 Å². The fraction of sp³-hybridized carbons (Fsp3) is 0.167. The van der Waals surface area contributed by atoms with Gasteiger partial charge in [-0.15, -0.1) is 0 Å². The first-order chi connectivity index (χ1) is 12.0. The quantitative estimate of drug-likeness (QED) is 0.553. The monoisotopic (exact) mass is 339 g/mol. The number of aryl methyl sites for hydroxylation is 1. The van der Waals surface area contributed by atoms with Crippen molar-refractivity contribution in [1.29, 1.82) is 0 Å². The Hall–Kier alpha value is -3.35. The number of fused-ring (bicyclic) bond motifs is 1. The summed E-state index contributed by atoms with van der Waals surface area (Å²) >= 11 is 0. The zero-order valence-corrected chi connectivity index (χ0v) is 14.1. The van der Waals surface area contributed by atoms with Crippen LogP contribution in [0, 0.1) is 17.0 Å². The van der Waals surface area contributed by atoms with E-state index >= 15 is 0 Å². The molecular formula is C18H17N3O4. The van der Waals surface area contributed by atoms with Gasteiger partial charge in [-0.25, -0.2) is 4.98 Å². The Morgan fingerprint density at radius 3 is 2.20 bits per heavy atom. The number of nitrogens with one attached hydrogen (secondary N) is 1. The molecule has 0 saturated carbocycles. The molecule has 1 heterocycles. The van der Waals surface area contributed by atoms with Crippen LogP contribution in [0.1, 0.15) is 5.69 Å². The minimum absolute atomic E-state index is 0.106. The van der Waals surface area contributed by atoms with E-state index < -0.39 is 4.92 Å². The van der Waals surface area contributed by atoms with Gasteiger partial charge in [0.05, 0.1) is 24.5 Å². The number of anilines is 2. The zero-order valence-electron chi connectivity index (χ0n) is 14.1. The van der Waals surface area contributed by atoms with Crippen LogP contribution in [0.4, 0.5) is 17.2 Å². The Bertz CT molecular complexity index is 942. The van der Waals surface area contributed by atoms with E-state index in [1.54, 1.807) is 19.1 Å². The Kier molecular flexibility index (Phi) is 4.38. The fourth-order valence-electron chi connectivity index (χ4n) is 2.71. The smallest absolute Gasteiger partial charge is 0.319 e. The van der Waals surface area contributed by atoms with Crippen LogP contribution in [0.3, 0.4) is 0 Å². The largest absolute Gasteiger partial charge is 0.493 e. The molecule has 3 rings (SSSR count). The van der Waals surface area contributed by atoms with E-state index in [2.05, 4.69) is 10.3 Å². The molecule has 0 aliphatic carbocycles. The summed E-state index contributed by atoms with van der Waals surface area (Å²) in [6.45, 7) is 1.80. The van der Waals surface area contributed by atoms with Crippen LogP contribution in [0.25, 0.3) is 10.8 Å². The maximum Gasteiger partial charge on any atom is 0.319 e. The highest BCUT2D eigenvalue weighted by atomic mass is 16.6. The van der Waals surface area contributed by atoms with E-state index in [-0.39, 0.29) is 11.5 Å². The average molecular weight is 339 g/mol. The molecule has 128 valence electrons. The van der Waals surface area contributed by atoms with Gasteiger partial charge in [-0.1, -0.05) is 18.2 Å². The third-order valence-electron chi connectivity index (χ3n) is 3.89. The van der Waals surface area contributed by atoms with Gasteiger partial charge < -0.3 is 14.8 Å². The topological polar surface area (TPSA) is 86.5 Å². The number of ether oxygens (including phenoxy) is 2. The molecule has 0 saturated heterocycles. The molecule has 0 bridgehead atoms. The number of benzene rings is 2. The Morgan fingerprint density at radius 1 is 1.04 bits per heavy atom. The summed E-state index contributed by atoms with van der Waals surface area (Å²) in [5, 5.41) is 15.9. The highest BCUT2D eigenvalue weighted by molar-refractivity contribution is 5.99. The molecule has 0 radical (unpaired) electrons. The third-order valence-corrected chi connectivity index (χ3v) is 3.89. The van der Waals surface area contributed by atoms with E-state index in [4.69, 9.17) is 9.47 Å². The molecule has 7 nitrogen and oxygen atoms in total. The van der Waals surface area contributed by atoms with Crippen molar-refractivity contribution >= 4 is 28.0 Å². The summed E-state index contributed by atoms with van der Waals surface area (Å²) in [4.78, 5) is 15.7. The highest BCUT2D eigenvalue weighted by Gasteiger charge is 2.24. The number of nitrogens with zero attached hydrogens (tertiary/aromatic N) is 2. The number of para-hydroxylation sites is 1. The first-order valence-electron chi connectivity index (χ1n) is 7.58. The Labute approximate surface area is 144 Å². The normalized spacial score (nSPS) is 10.5. The summed E-state index contributed by atoms with van der Waals surface area (Å²) in [7, 11) is 3.01. The molecule has 0 fully saturated rings. The van der Waals surface area contributed by atoms with E-state index in [1.165, 1.54) is 14.2 Å². The number of nitro groups is 1. The number of hydrogen-bond donors (Lipinski definition) is 1. The van der Waals surface area contributed by atoms with Crippen molar-refractivity contribution in [2.75, 3.05) is 19.5 Å². The van der Waals surface area contributed by atoms with Gasteiger partial charge in [0.15, 0.2) is 11.5 Å². The zero-order chi connectivity index (χ0) is 18.0. The predicted octanol–water partition coefficient (Wildman–Crippen LogP) is 4.21. The van der Waals surface area contributed by atoms with Crippen molar-refractivity contribution in [1.82, 2.24) is 4.98 Å². The molecule has 7 heteroatoms. The number of pyridine rings is 1. The standard InChI is InChI=1S/C18H17N3O4/c1-11-13-9-15(24-2)16(25-3)10-14(13)17(21(22)23)18(19-11)20-12-7-5-4-6-8-12/h4-10H,1-3H3,(H,19,20). The SMILES string of the molecule is COc1cc2c(C)nc(Nc3ccccc3)c([N+](=O)[O-])c2cc1OC. The molecule has 3 aromatic rings. The highest BCUT2D eigenvalue weighted by Crippen LogP contribution is 2.40. The minimum Gasteiger partial charge on any atom is -0.493 e. The first-order valence-corrected chi connectivity index (χ1v) is 7.58. The Morgan fingerprint density at radius 2 is 1.64 bits per heavy atom. The van der Waals surface area contributed by atoms with Gasteiger partial charge in [-0.2, -0.15) is 0 Å². The van der Waals surface area contributed by atoms with Crippen molar-refractivity contribution in [3.8, 4) is 11.5 Å². The van der Waals surface area contributed by atoms with Crippen LogP contribution in [-0.2, 0) is 0 Å². The van der Waals surface area contributed by atoms with E-state index in [1.807, 2.05) is 30.3 Å². The van der Waals surface area contributed by atoms with Gasteiger partial charge in [0.25, 0.3) is 0 Å².